The van der Waals surface area contributed by atoms with Crippen molar-refractivity contribution in [3.63, 3.8) is 0 Å². The molecule has 0 radical (unpaired) electrons. The van der Waals surface area contributed by atoms with Gasteiger partial charge in [-0.15, -0.1) is 0 Å². The molecule has 2 N–H and O–H groups in total. The Morgan fingerprint density at radius 2 is 1.89 bits per heavy atom. The first-order chi connectivity index (χ1) is 13.4. The molecule has 1 amide bonds. The summed E-state index contributed by atoms with van der Waals surface area (Å²) in [6, 6.07) is 4.37. The Hall–Kier alpha value is -2.33. The Balaban J connectivity index is 1.42. The summed E-state index contributed by atoms with van der Waals surface area (Å²) in [7, 11) is -3.80. The number of esters is 1. The van der Waals surface area contributed by atoms with Crippen molar-refractivity contribution in [3.05, 3.63) is 18.2 Å². The molecule has 0 saturated heterocycles. The van der Waals surface area contributed by atoms with Crippen molar-refractivity contribution in [2.24, 2.45) is 5.92 Å². The Kier molecular flexibility index (Phi) is 6.74. The van der Waals surface area contributed by atoms with Gasteiger partial charge in [-0.05, 0) is 30.9 Å². The molecular formula is C18H24N2O7S. The van der Waals surface area contributed by atoms with E-state index in [1.807, 2.05) is 0 Å². The summed E-state index contributed by atoms with van der Waals surface area (Å²) in [5.74, 6) is 0.406. The van der Waals surface area contributed by atoms with E-state index < -0.39 is 21.9 Å². The molecule has 28 heavy (non-hydrogen) atoms. The molecule has 9 nitrogen and oxygen atoms in total. The average Bonchev–Trinajstić information content (AvgIpc) is 3.50. The van der Waals surface area contributed by atoms with Crippen LogP contribution in [-0.2, 0) is 24.3 Å². The van der Waals surface area contributed by atoms with Gasteiger partial charge in [0.1, 0.15) is 6.54 Å². The fraction of sp³-hybridized carbons (Fsp3) is 0.556. The molecule has 0 bridgehead atoms. The minimum absolute atomic E-state index is 0.0285. The molecule has 1 aliphatic heterocycles. The SMILES string of the molecule is O=C(CCNS(=O)(=O)c1ccc2c(c1)OCCCO2)NCC(=O)OCC1CC1. The van der Waals surface area contributed by atoms with Gasteiger partial charge in [0, 0.05) is 25.5 Å². The molecule has 2 aliphatic rings. The summed E-state index contributed by atoms with van der Waals surface area (Å²) in [4.78, 5) is 23.3. The summed E-state index contributed by atoms with van der Waals surface area (Å²) in [6.07, 6.45) is 2.77. The van der Waals surface area contributed by atoms with Crippen LogP contribution in [0.5, 0.6) is 11.5 Å². The van der Waals surface area contributed by atoms with Crippen LogP contribution in [0.1, 0.15) is 25.7 Å². The number of amides is 1. The first-order valence-electron chi connectivity index (χ1n) is 9.26. The van der Waals surface area contributed by atoms with Crippen LogP contribution >= 0.6 is 0 Å². The van der Waals surface area contributed by atoms with Gasteiger partial charge >= 0.3 is 5.97 Å². The van der Waals surface area contributed by atoms with Gasteiger partial charge in [-0.1, -0.05) is 0 Å². The maximum Gasteiger partial charge on any atom is 0.325 e. The lowest BCUT2D eigenvalue weighted by atomic mass is 10.3. The predicted molar refractivity (Wildman–Crippen MR) is 98.5 cm³/mol. The number of ether oxygens (including phenoxy) is 3. The second kappa shape index (κ2) is 9.24. The summed E-state index contributed by atoms with van der Waals surface area (Å²) in [5, 5.41) is 2.42. The number of nitrogens with one attached hydrogen (secondary N) is 2. The van der Waals surface area contributed by atoms with E-state index in [9.17, 15) is 18.0 Å². The first kappa shape index (κ1) is 20.4. The molecule has 0 spiro atoms. The van der Waals surface area contributed by atoms with E-state index in [1.54, 1.807) is 6.07 Å². The second-order valence-electron chi connectivity index (χ2n) is 6.71. The largest absolute Gasteiger partial charge is 0.490 e. The average molecular weight is 412 g/mol. The van der Waals surface area contributed by atoms with Gasteiger partial charge in [-0.2, -0.15) is 0 Å². The zero-order chi connectivity index (χ0) is 20.0. The number of fused-ring (bicyclic) bond motifs is 1. The Morgan fingerprint density at radius 3 is 2.64 bits per heavy atom. The van der Waals surface area contributed by atoms with Gasteiger partial charge in [0.2, 0.25) is 15.9 Å². The van der Waals surface area contributed by atoms with E-state index in [0.717, 1.165) is 19.3 Å². The number of carbonyl (C=O) groups is 2. The highest BCUT2D eigenvalue weighted by Crippen LogP contribution is 2.31. The van der Waals surface area contributed by atoms with Crippen LogP contribution in [-0.4, -0.2) is 53.2 Å². The number of rotatable bonds is 9. The van der Waals surface area contributed by atoms with Crippen LogP contribution in [0.2, 0.25) is 0 Å². The minimum atomic E-state index is -3.80. The molecular weight excluding hydrogens is 388 g/mol. The zero-order valence-electron chi connectivity index (χ0n) is 15.4. The number of benzene rings is 1. The Bertz CT molecular complexity index is 821. The minimum Gasteiger partial charge on any atom is -0.490 e. The van der Waals surface area contributed by atoms with Crippen LogP contribution in [0.4, 0.5) is 0 Å². The number of hydrogen-bond donors (Lipinski definition) is 2. The van der Waals surface area contributed by atoms with Crippen LogP contribution in [0.15, 0.2) is 23.1 Å². The van der Waals surface area contributed by atoms with Crippen molar-refractivity contribution >= 4 is 21.9 Å². The summed E-state index contributed by atoms with van der Waals surface area (Å²) in [6.45, 7) is 1.04. The lowest BCUT2D eigenvalue weighted by molar-refractivity contribution is -0.144. The molecule has 3 rings (SSSR count). The quantitative estimate of drug-likeness (QED) is 0.570. The van der Waals surface area contributed by atoms with E-state index in [-0.39, 0.29) is 24.4 Å². The van der Waals surface area contributed by atoms with Gasteiger partial charge in [0.15, 0.2) is 11.5 Å². The summed E-state index contributed by atoms with van der Waals surface area (Å²) in [5.41, 5.74) is 0. The van der Waals surface area contributed by atoms with E-state index >= 15 is 0 Å². The summed E-state index contributed by atoms with van der Waals surface area (Å²) < 4.78 is 43.1. The number of carbonyl (C=O) groups excluding carboxylic acids is 2. The number of sulfonamides is 1. The van der Waals surface area contributed by atoms with Crippen molar-refractivity contribution in [1.82, 2.24) is 10.0 Å². The number of hydrogen-bond acceptors (Lipinski definition) is 7. The molecule has 0 atom stereocenters. The normalized spacial score (nSPS) is 16.1. The molecule has 0 unspecified atom stereocenters. The fourth-order valence-corrected chi connectivity index (χ4v) is 3.55. The molecule has 1 fully saturated rings. The topological polar surface area (TPSA) is 120 Å². The van der Waals surface area contributed by atoms with Crippen molar-refractivity contribution in [2.45, 2.75) is 30.6 Å². The van der Waals surface area contributed by atoms with E-state index in [4.69, 9.17) is 14.2 Å². The van der Waals surface area contributed by atoms with Crippen LogP contribution < -0.4 is 19.5 Å². The lowest BCUT2D eigenvalue weighted by Crippen LogP contribution is -2.34. The van der Waals surface area contributed by atoms with Crippen LogP contribution in [0, 0.1) is 5.92 Å². The molecule has 1 heterocycles. The van der Waals surface area contributed by atoms with Crippen molar-refractivity contribution < 1.29 is 32.2 Å². The molecule has 0 aromatic heterocycles. The molecule has 1 saturated carbocycles. The highest BCUT2D eigenvalue weighted by atomic mass is 32.2. The van der Waals surface area contributed by atoms with Crippen molar-refractivity contribution in [3.8, 4) is 11.5 Å². The Morgan fingerprint density at radius 1 is 1.14 bits per heavy atom. The predicted octanol–water partition coefficient (Wildman–Crippen LogP) is 0.586. The van der Waals surface area contributed by atoms with Crippen LogP contribution in [0.3, 0.4) is 0 Å². The smallest absolute Gasteiger partial charge is 0.325 e. The second-order valence-corrected chi connectivity index (χ2v) is 8.48. The van der Waals surface area contributed by atoms with E-state index in [0.29, 0.717) is 37.2 Å². The molecule has 1 aliphatic carbocycles. The van der Waals surface area contributed by atoms with Crippen molar-refractivity contribution in [1.29, 1.82) is 0 Å². The van der Waals surface area contributed by atoms with Gasteiger partial charge in [0.25, 0.3) is 0 Å². The Labute approximate surface area is 163 Å². The van der Waals surface area contributed by atoms with E-state index in [2.05, 4.69) is 10.0 Å². The van der Waals surface area contributed by atoms with E-state index in [1.165, 1.54) is 12.1 Å². The molecule has 154 valence electrons. The maximum atomic E-state index is 12.4. The van der Waals surface area contributed by atoms with Gasteiger partial charge < -0.3 is 19.5 Å². The van der Waals surface area contributed by atoms with Gasteiger partial charge in [-0.3, -0.25) is 9.59 Å². The summed E-state index contributed by atoms with van der Waals surface area (Å²) >= 11 is 0. The van der Waals surface area contributed by atoms with Crippen LogP contribution in [0.25, 0.3) is 0 Å². The highest BCUT2D eigenvalue weighted by molar-refractivity contribution is 7.89. The molecule has 10 heteroatoms. The van der Waals surface area contributed by atoms with Crippen molar-refractivity contribution in [2.75, 3.05) is 32.9 Å². The maximum absolute atomic E-state index is 12.4. The molecule has 1 aromatic carbocycles. The zero-order valence-corrected chi connectivity index (χ0v) is 16.3. The highest BCUT2D eigenvalue weighted by Gasteiger charge is 2.23. The fourth-order valence-electron chi connectivity index (χ4n) is 2.50. The van der Waals surface area contributed by atoms with Gasteiger partial charge in [-0.25, -0.2) is 13.1 Å². The first-order valence-corrected chi connectivity index (χ1v) is 10.7. The third-order valence-electron chi connectivity index (χ3n) is 4.28. The molecule has 1 aromatic rings. The monoisotopic (exact) mass is 412 g/mol. The standard InChI is InChI=1S/C18H24N2O7S/c21-17(19-11-18(22)27-12-13-2-3-13)6-7-20-28(23,24)14-4-5-15-16(10-14)26-9-1-8-25-15/h4-5,10,13,20H,1-3,6-9,11-12H2,(H,19,21). The van der Waals surface area contributed by atoms with Gasteiger partial charge in [0.05, 0.1) is 24.7 Å². The third-order valence-corrected chi connectivity index (χ3v) is 5.74. The third kappa shape index (κ3) is 6.10. The lowest BCUT2D eigenvalue weighted by Gasteiger charge is -2.11.